The van der Waals surface area contributed by atoms with Crippen LogP contribution in [0.1, 0.15) is 85.2 Å². The van der Waals surface area contributed by atoms with E-state index >= 15 is 0 Å². The molecule has 0 radical (unpaired) electrons. The van der Waals surface area contributed by atoms with Gasteiger partial charge in [-0.25, -0.2) is 9.78 Å². The minimum absolute atomic E-state index is 0.000124. The molecule has 292 valence electrons. The smallest absolute Gasteiger partial charge is 0.338 e. The minimum Gasteiger partial charge on any atom is -0.462 e. The average Bonchev–Trinajstić information content (AvgIpc) is 3.69. The molecule has 1 aliphatic rings. The highest BCUT2D eigenvalue weighted by molar-refractivity contribution is 8.00. The Labute approximate surface area is 333 Å². The molecular weight excluding hydrogens is 745 g/mol. The topological polar surface area (TPSA) is 167 Å². The number of benzene rings is 4. The van der Waals surface area contributed by atoms with E-state index < -0.39 is 34.7 Å². The molecule has 1 fully saturated rings. The lowest BCUT2D eigenvalue weighted by molar-refractivity contribution is -0.143. The van der Waals surface area contributed by atoms with Crippen molar-refractivity contribution in [3.8, 4) is 11.5 Å². The molecule has 0 aliphatic heterocycles. The van der Waals surface area contributed by atoms with Gasteiger partial charge in [-0.2, -0.15) is 9.90 Å². The van der Waals surface area contributed by atoms with Gasteiger partial charge in [0.25, 0.3) is 11.5 Å². The van der Waals surface area contributed by atoms with Crippen molar-refractivity contribution in [3.05, 3.63) is 136 Å². The predicted molar refractivity (Wildman–Crippen MR) is 215 cm³/mol. The van der Waals surface area contributed by atoms with Gasteiger partial charge in [0.05, 0.1) is 35.0 Å². The quantitative estimate of drug-likeness (QED) is 0.0812. The lowest BCUT2D eigenvalue weighted by Crippen LogP contribution is -2.32. The fraction of sp³-hybridized carbons (Fsp3) is 0.279. The number of carbonyl (C=O) groups excluding carboxylic acids is 3. The first-order chi connectivity index (χ1) is 27.8. The van der Waals surface area contributed by atoms with E-state index in [-0.39, 0.29) is 19.0 Å². The van der Waals surface area contributed by atoms with Gasteiger partial charge in [0.1, 0.15) is 28.5 Å². The molecule has 14 heteroatoms. The molecule has 1 aliphatic carbocycles. The molecule has 0 spiro atoms. The highest BCUT2D eigenvalue weighted by Gasteiger charge is 2.30. The number of aromatic amines is 1. The van der Waals surface area contributed by atoms with Crippen molar-refractivity contribution in [1.29, 1.82) is 0 Å². The van der Waals surface area contributed by atoms with Crippen molar-refractivity contribution in [1.82, 2.24) is 25.0 Å². The normalized spacial score (nSPS) is 14.1. The van der Waals surface area contributed by atoms with Crippen LogP contribution in [0.25, 0.3) is 10.9 Å². The second-order valence-electron chi connectivity index (χ2n) is 13.6. The maximum absolute atomic E-state index is 14.4. The number of nitrogens with zero attached hydrogens (tertiary/aromatic N) is 4. The van der Waals surface area contributed by atoms with Crippen molar-refractivity contribution < 1.29 is 28.6 Å². The van der Waals surface area contributed by atoms with E-state index in [9.17, 15) is 19.2 Å². The van der Waals surface area contributed by atoms with Crippen LogP contribution in [-0.4, -0.2) is 54.7 Å². The van der Waals surface area contributed by atoms with E-state index in [1.54, 1.807) is 80.6 Å². The monoisotopic (exact) mass is 786 g/mol. The highest BCUT2D eigenvalue weighted by Crippen LogP contribution is 2.40. The number of ether oxygens (including phenoxy) is 3. The number of amides is 1. The molecule has 2 N–H and O–H groups in total. The number of anilines is 1. The lowest BCUT2D eigenvalue weighted by atomic mass is 9.84. The van der Waals surface area contributed by atoms with Crippen molar-refractivity contribution in [3.63, 3.8) is 0 Å². The van der Waals surface area contributed by atoms with Gasteiger partial charge in [-0.05, 0) is 86.2 Å². The van der Waals surface area contributed by atoms with E-state index in [0.29, 0.717) is 44.4 Å². The summed E-state index contributed by atoms with van der Waals surface area (Å²) in [5.41, 5.74) is 2.62. The van der Waals surface area contributed by atoms with E-state index in [1.807, 2.05) is 24.3 Å². The summed E-state index contributed by atoms with van der Waals surface area (Å²) in [6, 6.07) is 27.3. The van der Waals surface area contributed by atoms with Gasteiger partial charge in [0.15, 0.2) is 5.75 Å². The maximum Gasteiger partial charge on any atom is 0.338 e. The third-order valence-corrected chi connectivity index (χ3v) is 10.6. The third kappa shape index (κ3) is 9.41. The molecule has 0 bridgehead atoms. The zero-order chi connectivity index (χ0) is 39.7. The van der Waals surface area contributed by atoms with Crippen LogP contribution in [-0.2, 0) is 25.7 Å². The fourth-order valence-electron chi connectivity index (χ4n) is 6.77. The summed E-state index contributed by atoms with van der Waals surface area (Å²) in [4.78, 5) is 61.1. The molecule has 1 amide bonds. The number of fused-ring (bicyclic) bond motifs is 1. The van der Waals surface area contributed by atoms with E-state index in [0.717, 1.165) is 40.7 Å². The Bertz CT molecular complexity index is 2430. The van der Waals surface area contributed by atoms with Gasteiger partial charge in [-0.15, -0.1) is 5.10 Å². The SMILES string of the molecule is CCOC(=O)c1ccc(COC(=O)C(C)Sc2cnn(C(C(=O)Nc3ccccc3Oc3ccccc3C3CCCCC3)c3nc4ccccc4c(=O)[nH]3)n2)cc1. The number of thioether (sulfide) groups is 1. The van der Waals surface area contributed by atoms with Crippen LogP contribution >= 0.6 is 11.8 Å². The Kier molecular flexibility index (Phi) is 12.4. The second kappa shape index (κ2) is 18.1. The number of nitrogens with one attached hydrogen (secondary N) is 2. The van der Waals surface area contributed by atoms with Gasteiger partial charge < -0.3 is 24.5 Å². The van der Waals surface area contributed by atoms with E-state index in [2.05, 4.69) is 31.5 Å². The number of para-hydroxylation sites is 4. The van der Waals surface area contributed by atoms with Crippen LogP contribution in [0.5, 0.6) is 11.5 Å². The first kappa shape index (κ1) is 39.0. The zero-order valence-corrected chi connectivity index (χ0v) is 32.4. The van der Waals surface area contributed by atoms with Gasteiger partial charge in [-0.1, -0.05) is 85.6 Å². The number of hydrogen-bond acceptors (Lipinski definition) is 11. The summed E-state index contributed by atoms with van der Waals surface area (Å²) in [5.74, 6) is 0.0883. The maximum atomic E-state index is 14.4. The van der Waals surface area contributed by atoms with Crippen LogP contribution < -0.4 is 15.6 Å². The van der Waals surface area contributed by atoms with Gasteiger partial charge >= 0.3 is 11.9 Å². The summed E-state index contributed by atoms with van der Waals surface area (Å²) >= 11 is 1.10. The number of carbonyl (C=O) groups is 3. The lowest BCUT2D eigenvalue weighted by Gasteiger charge is -2.24. The van der Waals surface area contributed by atoms with Gasteiger partial charge in [-0.3, -0.25) is 14.4 Å². The predicted octanol–water partition coefficient (Wildman–Crippen LogP) is 7.98. The Balaban J connectivity index is 1.10. The Hall–Kier alpha value is -6.28. The molecular formula is C43H42N6O7S. The summed E-state index contributed by atoms with van der Waals surface area (Å²) in [6.45, 7) is 3.68. The summed E-state index contributed by atoms with van der Waals surface area (Å²) in [6.07, 6.45) is 7.23. The molecule has 2 unspecified atom stereocenters. The molecule has 1 saturated carbocycles. The first-order valence-electron chi connectivity index (χ1n) is 18.9. The summed E-state index contributed by atoms with van der Waals surface area (Å²) in [7, 11) is 0. The number of esters is 2. The molecule has 57 heavy (non-hydrogen) atoms. The number of aromatic nitrogens is 5. The van der Waals surface area contributed by atoms with Crippen LogP contribution in [0.3, 0.4) is 0 Å². The van der Waals surface area contributed by atoms with E-state index in [1.165, 1.54) is 25.5 Å². The van der Waals surface area contributed by atoms with Crippen LogP contribution in [0.15, 0.2) is 113 Å². The second-order valence-corrected chi connectivity index (χ2v) is 15.0. The van der Waals surface area contributed by atoms with Crippen molar-refractivity contribution in [2.75, 3.05) is 11.9 Å². The molecule has 7 rings (SSSR count). The van der Waals surface area contributed by atoms with Gasteiger partial charge in [0, 0.05) is 0 Å². The molecule has 4 aromatic carbocycles. The number of hydrogen-bond donors (Lipinski definition) is 2. The molecule has 2 atom stereocenters. The van der Waals surface area contributed by atoms with Crippen molar-refractivity contribution in [2.24, 2.45) is 0 Å². The van der Waals surface area contributed by atoms with E-state index in [4.69, 9.17) is 14.2 Å². The fourth-order valence-corrected chi connectivity index (χ4v) is 7.53. The van der Waals surface area contributed by atoms with Gasteiger partial charge in [0.2, 0.25) is 6.04 Å². The Morgan fingerprint density at radius 2 is 1.61 bits per heavy atom. The molecule has 13 nitrogen and oxygen atoms in total. The standard InChI is InChI=1S/C43H42N6O7S/c1-3-54-43(53)30-23-21-28(22-24-30)26-55-42(52)27(2)57-37-25-44-49(48-37)38(39-45-33-17-9-7-16-32(33)40(50)47-39)41(51)46-34-18-10-12-20-36(34)56-35-19-11-8-15-31(35)29-13-5-4-6-14-29/h7-12,15-25,27,29,38H,3-6,13-14,26H2,1-2H3,(H,46,51)(H,45,47,50). The molecule has 2 heterocycles. The molecule has 6 aromatic rings. The summed E-state index contributed by atoms with van der Waals surface area (Å²) < 4.78 is 17.1. The zero-order valence-electron chi connectivity index (χ0n) is 31.6. The summed E-state index contributed by atoms with van der Waals surface area (Å²) in [5, 5.41) is 11.9. The largest absolute Gasteiger partial charge is 0.462 e. The number of H-pyrrole nitrogens is 1. The highest BCUT2D eigenvalue weighted by atomic mass is 32.2. The first-order valence-corrected chi connectivity index (χ1v) is 19.8. The van der Waals surface area contributed by atoms with Crippen LogP contribution in [0, 0.1) is 0 Å². The molecule has 0 saturated heterocycles. The van der Waals surface area contributed by atoms with Crippen molar-refractivity contribution >= 4 is 46.2 Å². The number of rotatable bonds is 14. The molecule has 2 aromatic heterocycles. The van der Waals surface area contributed by atoms with Crippen LogP contribution in [0.4, 0.5) is 5.69 Å². The van der Waals surface area contributed by atoms with Crippen LogP contribution in [0.2, 0.25) is 0 Å². The minimum atomic E-state index is -1.32. The Morgan fingerprint density at radius 3 is 2.40 bits per heavy atom. The Morgan fingerprint density at radius 1 is 0.895 bits per heavy atom. The average molecular weight is 787 g/mol. The third-order valence-electron chi connectivity index (χ3n) is 9.66. The van der Waals surface area contributed by atoms with Crippen molar-refractivity contribution in [2.45, 2.75) is 74.8 Å².